The summed E-state index contributed by atoms with van der Waals surface area (Å²) in [6, 6.07) is 10.3. The molecule has 27 heavy (non-hydrogen) atoms. The Bertz CT molecular complexity index is 903. The molecule has 2 heterocycles. The van der Waals surface area contributed by atoms with Crippen LogP contribution in [0.1, 0.15) is 27.9 Å². The second kappa shape index (κ2) is 7.83. The minimum absolute atomic E-state index is 0.0820. The number of thiazole rings is 1. The zero-order valence-electron chi connectivity index (χ0n) is 14.3. The summed E-state index contributed by atoms with van der Waals surface area (Å²) < 4.78 is 46.6. The van der Waals surface area contributed by atoms with E-state index in [2.05, 4.69) is 10.3 Å². The van der Waals surface area contributed by atoms with E-state index in [4.69, 9.17) is 4.74 Å². The van der Waals surface area contributed by atoms with Crippen LogP contribution in [0.15, 0.2) is 48.8 Å². The lowest BCUT2D eigenvalue weighted by Crippen LogP contribution is -2.24. The van der Waals surface area contributed by atoms with Crippen molar-refractivity contribution in [1.82, 2.24) is 14.9 Å². The van der Waals surface area contributed by atoms with Crippen LogP contribution in [-0.2, 0) is 12.7 Å². The van der Waals surface area contributed by atoms with Gasteiger partial charge in [-0.1, -0.05) is 23.5 Å². The van der Waals surface area contributed by atoms with Gasteiger partial charge < -0.3 is 14.6 Å². The van der Waals surface area contributed by atoms with Crippen molar-refractivity contribution in [2.75, 3.05) is 6.61 Å². The van der Waals surface area contributed by atoms with Crippen LogP contribution in [0.4, 0.5) is 13.2 Å². The molecule has 0 saturated carbocycles. The maximum absolute atomic E-state index is 13.3. The molecule has 0 radical (unpaired) electrons. The van der Waals surface area contributed by atoms with Gasteiger partial charge in [0, 0.05) is 18.9 Å². The molecule has 1 amide bonds. The highest BCUT2D eigenvalue weighted by Crippen LogP contribution is 2.35. The summed E-state index contributed by atoms with van der Waals surface area (Å²) in [4.78, 5) is 15.5. The molecule has 0 saturated heterocycles. The van der Waals surface area contributed by atoms with E-state index in [0.29, 0.717) is 23.7 Å². The van der Waals surface area contributed by atoms with Crippen LogP contribution in [0.3, 0.4) is 0 Å². The average molecular weight is 395 g/mol. The minimum atomic E-state index is -4.71. The number of hydrogen-bond donors (Lipinski definition) is 1. The number of benzene rings is 1. The summed E-state index contributed by atoms with van der Waals surface area (Å²) in [6.45, 7) is 2.49. The maximum Gasteiger partial charge on any atom is 0.435 e. The fourth-order valence-electron chi connectivity index (χ4n) is 2.36. The molecular formula is C18H16F3N3O2S. The van der Waals surface area contributed by atoms with E-state index in [9.17, 15) is 18.0 Å². The lowest BCUT2D eigenvalue weighted by Gasteiger charge is -2.08. The molecule has 3 rings (SSSR count). The summed E-state index contributed by atoms with van der Waals surface area (Å²) in [5.74, 6) is -0.127. The van der Waals surface area contributed by atoms with Gasteiger partial charge >= 0.3 is 6.18 Å². The molecule has 1 N–H and O–H groups in total. The van der Waals surface area contributed by atoms with E-state index in [1.807, 2.05) is 6.92 Å². The summed E-state index contributed by atoms with van der Waals surface area (Å²) in [5, 5.41) is 2.60. The van der Waals surface area contributed by atoms with E-state index >= 15 is 0 Å². The van der Waals surface area contributed by atoms with Gasteiger partial charge in [0.1, 0.15) is 10.6 Å². The normalized spacial score (nSPS) is 11.4. The summed E-state index contributed by atoms with van der Waals surface area (Å²) in [7, 11) is 0. The molecule has 9 heteroatoms. The molecule has 1 aromatic carbocycles. The Morgan fingerprint density at radius 1 is 1.22 bits per heavy atom. The second-order valence-corrected chi connectivity index (χ2v) is 6.50. The van der Waals surface area contributed by atoms with E-state index in [0.717, 1.165) is 5.56 Å². The first-order valence-electron chi connectivity index (χ1n) is 8.09. The Labute approximate surface area is 157 Å². The van der Waals surface area contributed by atoms with Crippen LogP contribution < -0.4 is 10.1 Å². The molecule has 0 aliphatic rings. The molecule has 3 aromatic rings. The topological polar surface area (TPSA) is 56.1 Å². The zero-order chi connectivity index (χ0) is 19.4. The van der Waals surface area contributed by atoms with Crippen LogP contribution in [-0.4, -0.2) is 22.1 Å². The quantitative estimate of drug-likeness (QED) is 0.678. The molecule has 0 aliphatic heterocycles. The third kappa shape index (κ3) is 4.48. The number of nitrogens with one attached hydrogen (secondary N) is 1. The molecule has 0 atom stereocenters. The monoisotopic (exact) mass is 395 g/mol. The Hall–Kier alpha value is -2.81. The van der Waals surface area contributed by atoms with Crippen LogP contribution in [0.5, 0.6) is 5.75 Å². The molecule has 2 aromatic heterocycles. The predicted molar refractivity (Wildman–Crippen MR) is 95.2 cm³/mol. The Kier molecular flexibility index (Phi) is 5.50. The molecular weight excluding hydrogens is 379 g/mol. The number of rotatable bonds is 6. The molecule has 0 aliphatic carbocycles. The summed E-state index contributed by atoms with van der Waals surface area (Å²) in [6.07, 6.45) is -1.57. The molecule has 0 bridgehead atoms. The highest BCUT2D eigenvalue weighted by molar-refractivity contribution is 7.16. The number of carbonyl (C=O) groups is 1. The van der Waals surface area contributed by atoms with Crippen molar-refractivity contribution in [3.63, 3.8) is 0 Å². The first-order valence-corrected chi connectivity index (χ1v) is 8.91. The van der Waals surface area contributed by atoms with Gasteiger partial charge in [-0.05, 0) is 36.8 Å². The van der Waals surface area contributed by atoms with Crippen molar-refractivity contribution in [1.29, 1.82) is 0 Å². The van der Waals surface area contributed by atoms with Gasteiger partial charge in [0.2, 0.25) is 0 Å². The number of hydrogen-bond acceptors (Lipinski definition) is 4. The van der Waals surface area contributed by atoms with E-state index in [-0.39, 0.29) is 11.7 Å². The number of carbonyl (C=O) groups excluding carboxylic acids is 1. The van der Waals surface area contributed by atoms with Crippen molar-refractivity contribution in [3.8, 4) is 10.9 Å². The Balaban J connectivity index is 1.77. The third-order valence-corrected chi connectivity index (χ3v) is 4.67. The third-order valence-electron chi connectivity index (χ3n) is 3.60. The van der Waals surface area contributed by atoms with Gasteiger partial charge in [0.05, 0.1) is 6.61 Å². The van der Waals surface area contributed by atoms with Gasteiger partial charge in [-0.15, -0.1) is 0 Å². The molecule has 5 nitrogen and oxygen atoms in total. The smallest absolute Gasteiger partial charge is 0.435 e. The molecule has 0 fully saturated rings. The van der Waals surface area contributed by atoms with Crippen LogP contribution in [0, 0.1) is 0 Å². The van der Waals surface area contributed by atoms with Crippen molar-refractivity contribution in [2.24, 2.45) is 0 Å². The van der Waals surface area contributed by atoms with Crippen molar-refractivity contribution >= 4 is 17.2 Å². The Morgan fingerprint density at radius 3 is 2.48 bits per heavy atom. The highest BCUT2D eigenvalue weighted by Gasteiger charge is 2.39. The highest BCUT2D eigenvalue weighted by atomic mass is 32.1. The number of aromatic nitrogens is 2. The fourth-order valence-corrected chi connectivity index (χ4v) is 3.33. The first-order chi connectivity index (χ1) is 12.9. The lowest BCUT2D eigenvalue weighted by molar-refractivity contribution is -0.141. The summed E-state index contributed by atoms with van der Waals surface area (Å²) >= 11 is 0.696. The molecule has 0 spiro atoms. The molecule has 142 valence electrons. The van der Waals surface area contributed by atoms with Gasteiger partial charge in [-0.2, -0.15) is 13.2 Å². The van der Waals surface area contributed by atoms with E-state index in [1.54, 1.807) is 48.8 Å². The first kappa shape index (κ1) is 19.0. The van der Waals surface area contributed by atoms with Crippen LogP contribution >= 0.6 is 11.3 Å². The Morgan fingerprint density at radius 2 is 1.89 bits per heavy atom. The zero-order valence-corrected chi connectivity index (χ0v) is 15.1. The van der Waals surface area contributed by atoms with E-state index < -0.39 is 22.7 Å². The number of alkyl halides is 3. The standard InChI is InChI=1S/C18H16F3N3O2S/c1-2-26-13-7-5-12(6-8-13)11-22-16(25)14-15(18(19,20)21)23-17(27-14)24-9-3-4-10-24/h3-10H,2,11H2,1H3,(H,22,25). The average Bonchev–Trinajstić information content (AvgIpc) is 3.30. The maximum atomic E-state index is 13.3. The second-order valence-electron chi connectivity index (χ2n) is 5.52. The molecule has 0 unspecified atom stereocenters. The fraction of sp³-hybridized carbons (Fsp3) is 0.222. The number of ether oxygens (including phenoxy) is 1. The van der Waals surface area contributed by atoms with Gasteiger partial charge in [-0.3, -0.25) is 4.79 Å². The van der Waals surface area contributed by atoms with Crippen molar-refractivity contribution in [2.45, 2.75) is 19.6 Å². The van der Waals surface area contributed by atoms with Crippen LogP contribution in [0.2, 0.25) is 0 Å². The van der Waals surface area contributed by atoms with Gasteiger partial charge in [0.25, 0.3) is 5.91 Å². The SMILES string of the molecule is CCOc1ccc(CNC(=O)c2sc(-n3cccc3)nc2C(F)(F)F)cc1. The predicted octanol–water partition coefficient (Wildman–Crippen LogP) is 4.28. The number of nitrogens with zero attached hydrogens (tertiary/aromatic N) is 2. The number of amides is 1. The lowest BCUT2D eigenvalue weighted by atomic mass is 10.2. The summed E-state index contributed by atoms with van der Waals surface area (Å²) in [5.41, 5.74) is -0.434. The van der Waals surface area contributed by atoms with Crippen molar-refractivity contribution < 1.29 is 22.7 Å². The van der Waals surface area contributed by atoms with Gasteiger partial charge in [-0.25, -0.2) is 4.98 Å². The largest absolute Gasteiger partial charge is 0.494 e. The number of halogens is 3. The van der Waals surface area contributed by atoms with Crippen LogP contribution in [0.25, 0.3) is 5.13 Å². The van der Waals surface area contributed by atoms with Crippen molar-refractivity contribution in [3.05, 3.63) is 64.9 Å². The van der Waals surface area contributed by atoms with E-state index in [1.165, 1.54) is 4.57 Å². The minimum Gasteiger partial charge on any atom is -0.494 e. The van der Waals surface area contributed by atoms with Gasteiger partial charge in [0.15, 0.2) is 10.8 Å².